The minimum Gasteiger partial charge on any atom is -0.459 e. The molecule has 0 aliphatic carbocycles. The molecule has 24 heavy (non-hydrogen) atoms. The van der Waals surface area contributed by atoms with Gasteiger partial charge >= 0.3 is 11.9 Å². The van der Waals surface area contributed by atoms with E-state index >= 15 is 0 Å². The maximum atomic E-state index is 12.5. The molecule has 1 N–H and O–H groups in total. The smallest absolute Gasteiger partial charge is 0.338 e. The molecule has 3 aliphatic heterocycles. The summed E-state index contributed by atoms with van der Waals surface area (Å²) >= 11 is 0. The molecule has 2 fully saturated rings. The molecule has 0 aromatic carbocycles. The zero-order valence-corrected chi connectivity index (χ0v) is 14.4. The maximum Gasteiger partial charge on any atom is 0.338 e. The summed E-state index contributed by atoms with van der Waals surface area (Å²) in [6, 6.07) is -0.0494. The van der Waals surface area contributed by atoms with Crippen molar-refractivity contribution >= 4 is 11.9 Å². The SMILES string of the molecule is C=C1C(=O)O[C@@H]2CCN3CC=C(COC(=O)C(C)(O)C(C)C1C)[C@H]23. The molecule has 0 radical (unpaired) electrons. The molecule has 0 aromatic heterocycles. The van der Waals surface area contributed by atoms with Crippen molar-refractivity contribution in [1.82, 2.24) is 4.90 Å². The first-order chi connectivity index (χ1) is 11.2. The molecule has 0 amide bonds. The fraction of sp³-hybridized carbons (Fsp3) is 0.667. The van der Waals surface area contributed by atoms with Gasteiger partial charge in [-0.25, -0.2) is 9.59 Å². The van der Waals surface area contributed by atoms with Crippen LogP contribution in [0.1, 0.15) is 27.2 Å². The second-order valence-corrected chi connectivity index (χ2v) is 7.28. The molecule has 2 saturated heterocycles. The topological polar surface area (TPSA) is 76.1 Å². The van der Waals surface area contributed by atoms with Gasteiger partial charge in [-0.05, 0) is 24.8 Å². The monoisotopic (exact) mass is 335 g/mol. The zero-order chi connectivity index (χ0) is 17.6. The van der Waals surface area contributed by atoms with Gasteiger partial charge in [0.25, 0.3) is 0 Å². The fourth-order valence-corrected chi connectivity index (χ4v) is 3.79. The van der Waals surface area contributed by atoms with Crippen molar-refractivity contribution in [3.05, 3.63) is 23.8 Å². The summed E-state index contributed by atoms with van der Waals surface area (Å²) in [7, 11) is 0. The van der Waals surface area contributed by atoms with Gasteiger partial charge in [0, 0.05) is 24.6 Å². The minimum atomic E-state index is -1.70. The van der Waals surface area contributed by atoms with E-state index in [1.165, 1.54) is 6.92 Å². The largest absolute Gasteiger partial charge is 0.459 e. The minimum absolute atomic E-state index is 0.0494. The van der Waals surface area contributed by atoms with Crippen molar-refractivity contribution < 1.29 is 24.2 Å². The quantitative estimate of drug-likeness (QED) is 0.405. The lowest BCUT2D eigenvalue weighted by molar-refractivity contribution is -0.170. The zero-order valence-electron chi connectivity index (χ0n) is 14.4. The van der Waals surface area contributed by atoms with Gasteiger partial charge in [0.05, 0.1) is 6.04 Å². The summed E-state index contributed by atoms with van der Waals surface area (Å²) in [5.41, 5.74) is -0.491. The summed E-state index contributed by atoms with van der Waals surface area (Å²) in [6.45, 7) is 10.5. The van der Waals surface area contributed by atoms with E-state index in [0.717, 1.165) is 25.1 Å². The number of nitrogens with zero attached hydrogens (tertiary/aromatic N) is 1. The Kier molecular flexibility index (Phi) is 4.30. The van der Waals surface area contributed by atoms with Gasteiger partial charge in [-0.2, -0.15) is 0 Å². The van der Waals surface area contributed by atoms with Crippen LogP contribution in [0.4, 0.5) is 0 Å². The lowest BCUT2D eigenvalue weighted by Crippen LogP contribution is -2.47. The Morgan fingerprint density at radius 3 is 2.79 bits per heavy atom. The number of ether oxygens (including phenoxy) is 2. The molecule has 5 atom stereocenters. The van der Waals surface area contributed by atoms with Crippen LogP contribution in [-0.2, 0) is 19.1 Å². The standard InChI is InChI=1S/C18H25NO5/c1-10-11(2)16(20)24-14-6-8-19-7-5-13(15(14)19)9-23-17(21)18(4,22)12(10)3/h5,10,12,14-15,22H,2,6-9H2,1,3-4H3/t10?,12?,14-,15-,18?/m1/s1. The average molecular weight is 335 g/mol. The van der Waals surface area contributed by atoms with Crippen molar-refractivity contribution in [2.75, 3.05) is 19.7 Å². The third-order valence-electron chi connectivity index (χ3n) is 5.90. The van der Waals surface area contributed by atoms with E-state index in [-0.39, 0.29) is 24.3 Å². The highest BCUT2D eigenvalue weighted by molar-refractivity contribution is 5.89. The van der Waals surface area contributed by atoms with Gasteiger partial charge in [-0.3, -0.25) is 4.90 Å². The molecule has 132 valence electrons. The maximum absolute atomic E-state index is 12.5. The molecule has 0 aromatic rings. The summed E-state index contributed by atoms with van der Waals surface area (Å²) < 4.78 is 11.1. The highest BCUT2D eigenvalue weighted by Gasteiger charge is 2.46. The normalized spacial score (nSPS) is 41.0. The molecule has 3 heterocycles. The fourth-order valence-electron chi connectivity index (χ4n) is 3.79. The van der Waals surface area contributed by atoms with E-state index < -0.39 is 29.4 Å². The molecule has 6 heteroatoms. The van der Waals surface area contributed by atoms with Crippen molar-refractivity contribution in [2.45, 2.75) is 44.9 Å². The van der Waals surface area contributed by atoms with Crippen LogP contribution in [0, 0.1) is 11.8 Å². The number of carbonyl (C=O) groups excluding carboxylic acids is 2. The van der Waals surface area contributed by atoms with E-state index in [2.05, 4.69) is 11.5 Å². The highest BCUT2D eigenvalue weighted by Crippen LogP contribution is 2.35. The Hall–Kier alpha value is -1.66. The van der Waals surface area contributed by atoms with Gasteiger partial charge in [-0.15, -0.1) is 0 Å². The molecule has 0 bridgehead atoms. The van der Waals surface area contributed by atoms with Crippen molar-refractivity contribution in [3.63, 3.8) is 0 Å². The first-order valence-electron chi connectivity index (χ1n) is 8.45. The number of cyclic esters (lactones) is 1. The van der Waals surface area contributed by atoms with Gasteiger partial charge in [0.15, 0.2) is 5.60 Å². The Morgan fingerprint density at radius 1 is 1.38 bits per heavy atom. The first-order valence-corrected chi connectivity index (χ1v) is 8.45. The average Bonchev–Trinajstić information content (AvgIpc) is 3.12. The number of hydrogen-bond donors (Lipinski definition) is 1. The van der Waals surface area contributed by atoms with Crippen molar-refractivity contribution in [2.24, 2.45) is 11.8 Å². The molecule has 0 saturated carbocycles. The first kappa shape index (κ1) is 17.2. The number of hydrogen-bond acceptors (Lipinski definition) is 6. The van der Waals surface area contributed by atoms with Crippen LogP contribution in [-0.4, -0.2) is 59.4 Å². The molecule has 0 spiro atoms. The summed E-state index contributed by atoms with van der Waals surface area (Å²) in [5.74, 6) is -2.05. The molecule has 3 unspecified atom stereocenters. The van der Waals surface area contributed by atoms with Gasteiger partial charge in [0.1, 0.15) is 12.7 Å². The molecule has 3 rings (SSSR count). The van der Waals surface area contributed by atoms with Crippen LogP contribution in [0.15, 0.2) is 23.8 Å². The Morgan fingerprint density at radius 2 is 2.08 bits per heavy atom. The van der Waals surface area contributed by atoms with Crippen LogP contribution < -0.4 is 0 Å². The number of carbonyl (C=O) groups is 2. The summed E-state index contributed by atoms with van der Waals surface area (Å²) in [4.78, 5) is 27.1. The Balaban J connectivity index is 1.92. The lowest BCUT2D eigenvalue weighted by atomic mass is 9.78. The summed E-state index contributed by atoms with van der Waals surface area (Å²) in [6.07, 6.45) is 2.53. The van der Waals surface area contributed by atoms with Crippen molar-refractivity contribution in [1.29, 1.82) is 0 Å². The third-order valence-corrected chi connectivity index (χ3v) is 5.90. The van der Waals surface area contributed by atoms with Crippen LogP contribution in [0.25, 0.3) is 0 Å². The van der Waals surface area contributed by atoms with E-state index in [0.29, 0.717) is 0 Å². The second kappa shape index (κ2) is 6.01. The van der Waals surface area contributed by atoms with Crippen LogP contribution >= 0.6 is 0 Å². The van der Waals surface area contributed by atoms with Gasteiger partial charge in [-0.1, -0.05) is 26.5 Å². The van der Waals surface area contributed by atoms with Crippen LogP contribution in [0.3, 0.4) is 0 Å². The molecular formula is C18H25NO5. The second-order valence-electron chi connectivity index (χ2n) is 7.28. The molecular weight excluding hydrogens is 310 g/mol. The number of aliphatic hydroxyl groups is 1. The Labute approximate surface area is 142 Å². The van der Waals surface area contributed by atoms with E-state index in [1.807, 2.05) is 6.08 Å². The van der Waals surface area contributed by atoms with Gasteiger partial charge in [0.2, 0.25) is 0 Å². The predicted octanol–water partition coefficient (Wildman–Crippen LogP) is 1.05. The number of rotatable bonds is 0. The molecule has 3 aliphatic rings. The van der Waals surface area contributed by atoms with Crippen molar-refractivity contribution in [3.8, 4) is 0 Å². The van der Waals surface area contributed by atoms with E-state index in [4.69, 9.17) is 9.47 Å². The highest BCUT2D eigenvalue weighted by atomic mass is 16.6. The van der Waals surface area contributed by atoms with Gasteiger partial charge < -0.3 is 14.6 Å². The third kappa shape index (κ3) is 2.67. The predicted molar refractivity (Wildman–Crippen MR) is 87.0 cm³/mol. The number of esters is 2. The van der Waals surface area contributed by atoms with E-state index in [9.17, 15) is 14.7 Å². The summed E-state index contributed by atoms with van der Waals surface area (Å²) in [5, 5.41) is 10.6. The van der Waals surface area contributed by atoms with Crippen LogP contribution in [0.2, 0.25) is 0 Å². The van der Waals surface area contributed by atoms with Crippen LogP contribution in [0.5, 0.6) is 0 Å². The lowest BCUT2D eigenvalue weighted by Gasteiger charge is -2.34. The molecule has 6 nitrogen and oxygen atoms in total. The van der Waals surface area contributed by atoms with E-state index in [1.54, 1.807) is 13.8 Å². The Bertz CT molecular complexity index is 609.